The SMILES string of the molecule is CCOc1c(Br)cc(Cl)cc1NC(=O)[C@@H](N)C(C)C. The fraction of sp³-hybridized carbons (Fsp3) is 0.462. The molecule has 0 saturated carbocycles. The minimum Gasteiger partial charge on any atom is -0.491 e. The summed E-state index contributed by atoms with van der Waals surface area (Å²) in [6.07, 6.45) is 0. The van der Waals surface area contributed by atoms with E-state index in [4.69, 9.17) is 22.1 Å². The average Bonchev–Trinajstić information content (AvgIpc) is 2.32. The van der Waals surface area contributed by atoms with Crippen molar-refractivity contribution in [1.29, 1.82) is 0 Å². The van der Waals surface area contributed by atoms with Gasteiger partial charge in [0.25, 0.3) is 0 Å². The van der Waals surface area contributed by atoms with E-state index >= 15 is 0 Å². The molecule has 0 heterocycles. The Hall–Kier alpha value is -0.780. The number of nitrogens with one attached hydrogen (secondary N) is 1. The van der Waals surface area contributed by atoms with Gasteiger partial charge in [0.1, 0.15) is 0 Å². The number of amides is 1. The zero-order chi connectivity index (χ0) is 14.6. The van der Waals surface area contributed by atoms with Crippen molar-refractivity contribution in [2.24, 2.45) is 11.7 Å². The molecule has 1 atom stereocenters. The van der Waals surface area contributed by atoms with E-state index in [1.807, 2.05) is 20.8 Å². The summed E-state index contributed by atoms with van der Waals surface area (Å²) in [5.74, 6) is 0.347. The molecule has 0 aliphatic heterocycles. The maximum absolute atomic E-state index is 12.0. The Morgan fingerprint density at radius 2 is 2.16 bits per heavy atom. The van der Waals surface area contributed by atoms with Gasteiger partial charge in [-0.3, -0.25) is 4.79 Å². The zero-order valence-corrected chi connectivity index (χ0v) is 13.5. The third-order valence-electron chi connectivity index (χ3n) is 2.58. The molecule has 0 fully saturated rings. The Morgan fingerprint density at radius 1 is 1.53 bits per heavy atom. The minimum absolute atomic E-state index is 0.0539. The molecule has 1 aromatic carbocycles. The molecule has 6 heteroatoms. The zero-order valence-electron chi connectivity index (χ0n) is 11.2. The van der Waals surface area contributed by atoms with Gasteiger partial charge < -0.3 is 15.8 Å². The molecule has 0 bridgehead atoms. The quantitative estimate of drug-likeness (QED) is 0.856. The maximum atomic E-state index is 12.0. The van der Waals surface area contributed by atoms with Crippen molar-refractivity contribution in [2.45, 2.75) is 26.8 Å². The van der Waals surface area contributed by atoms with Crippen LogP contribution in [0.4, 0.5) is 5.69 Å². The van der Waals surface area contributed by atoms with Crippen molar-refractivity contribution in [3.8, 4) is 5.75 Å². The lowest BCUT2D eigenvalue weighted by molar-refractivity contribution is -0.118. The Kier molecular flexibility index (Phi) is 6.10. The topological polar surface area (TPSA) is 64.3 Å². The summed E-state index contributed by atoms with van der Waals surface area (Å²) in [6, 6.07) is 2.78. The summed E-state index contributed by atoms with van der Waals surface area (Å²) in [7, 11) is 0. The summed E-state index contributed by atoms with van der Waals surface area (Å²) in [5.41, 5.74) is 6.33. The van der Waals surface area contributed by atoms with Gasteiger partial charge in [-0.15, -0.1) is 0 Å². The van der Waals surface area contributed by atoms with Crippen LogP contribution >= 0.6 is 27.5 Å². The first-order chi connectivity index (χ1) is 8.86. The molecule has 0 saturated heterocycles. The van der Waals surface area contributed by atoms with Crippen LogP contribution in [0.1, 0.15) is 20.8 Å². The van der Waals surface area contributed by atoms with Crippen molar-refractivity contribution in [2.75, 3.05) is 11.9 Å². The largest absolute Gasteiger partial charge is 0.491 e. The first-order valence-corrected chi connectivity index (χ1v) is 7.22. The molecule has 19 heavy (non-hydrogen) atoms. The molecule has 1 aromatic rings. The van der Waals surface area contributed by atoms with E-state index in [9.17, 15) is 4.79 Å². The standard InChI is InChI=1S/C13H18BrClN2O2/c1-4-19-12-9(14)5-8(15)6-10(12)17-13(18)11(16)7(2)3/h5-7,11H,4,16H2,1-3H3,(H,17,18)/t11-/m0/s1. The number of rotatable bonds is 5. The molecular weight excluding hydrogens is 332 g/mol. The Balaban J connectivity index is 3.02. The van der Waals surface area contributed by atoms with Gasteiger partial charge in [-0.2, -0.15) is 0 Å². The van der Waals surface area contributed by atoms with Gasteiger partial charge in [0.05, 0.1) is 22.8 Å². The van der Waals surface area contributed by atoms with Crippen molar-refractivity contribution in [3.05, 3.63) is 21.6 Å². The predicted molar refractivity (Wildman–Crippen MR) is 81.8 cm³/mol. The first-order valence-electron chi connectivity index (χ1n) is 6.05. The smallest absolute Gasteiger partial charge is 0.241 e. The van der Waals surface area contributed by atoms with Gasteiger partial charge in [-0.1, -0.05) is 25.4 Å². The molecule has 1 amide bonds. The number of ether oxygens (including phenoxy) is 1. The van der Waals surface area contributed by atoms with Crippen LogP contribution in [0.5, 0.6) is 5.75 Å². The van der Waals surface area contributed by atoms with E-state index < -0.39 is 6.04 Å². The summed E-state index contributed by atoms with van der Waals surface area (Å²) in [6.45, 7) is 6.13. The summed E-state index contributed by atoms with van der Waals surface area (Å²) in [5, 5.41) is 3.26. The second-order valence-electron chi connectivity index (χ2n) is 4.46. The summed E-state index contributed by atoms with van der Waals surface area (Å²) in [4.78, 5) is 12.0. The highest BCUT2D eigenvalue weighted by molar-refractivity contribution is 9.10. The Labute approximate surface area is 126 Å². The van der Waals surface area contributed by atoms with Gasteiger partial charge in [-0.05, 0) is 40.9 Å². The molecule has 0 aromatic heterocycles. The van der Waals surface area contributed by atoms with Crippen LogP contribution in [0.3, 0.4) is 0 Å². The Morgan fingerprint density at radius 3 is 2.68 bits per heavy atom. The molecule has 0 radical (unpaired) electrons. The van der Waals surface area contributed by atoms with Crippen molar-refractivity contribution >= 4 is 39.1 Å². The van der Waals surface area contributed by atoms with Crippen LogP contribution in [0.15, 0.2) is 16.6 Å². The lowest BCUT2D eigenvalue weighted by Gasteiger charge is -2.18. The van der Waals surface area contributed by atoms with Crippen LogP contribution in [-0.4, -0.2) is 18.6 Å². The van der Waals surface area contributed by atoms with Crippen LogP contribution < -0.4 is 15.8 Å². The normalized spacial score (nSPS) is 12.4. The fourth-order valence-electron chi connectivity index (χ4n) is 1.46. The highest BCUT2D eigenvalue weighted by atomic mass is 79.9. The predicted octanol–water partition coefficient (Wildman–Crippen LogP) is 3.42. The molecule has 0 unspecified atom stereocenters. The second-order valence-corrected chi connectivity index (χ2v) is 5.75. The van der Waals surface area contributed by atoms with Gasteiger partial charge >= 0.3 is 0 Å². The van der Waals surface area contributed by atoms with E-state index in [1.165, 1.54) is 0 Å². The lowest BCUT2D eigenvalue weighted by atomic mass is 10.0. The molecule has 3 N–H and O–H groups in total. The summed E-state index contributed by atoms with van der Waals surface area (Å²) < 4.78 is 6.19. The molecule has 0 aliphatic carbocycles. The number of anilines is 1. The average molecular weight is 350 g/mol. The van der Waals surface area contributed by atoms with Gasteiger partial charge in [0.2, 0.25) is 5.91 Å². The van der Waals surface area contributed by atoms with Gasteiger partial charge in [0.15, 0.2) is 5.75 Å². The molecular formula is C13H18BrClN2O2. The molecule has 106 valence electrons. The highest BCUT2D eigenvalue weighted by Crippen LogP contribution is 2.36. The number of carbonyl (C=O) groups is 1. The fourth-order valence-corrected chi connectivity index (χ4v) is 2.39. The maximum Gasteiger partial charge on any atom is 0.241 e. The van der Waals surface area contributed by atoms with Crippen LogP contribution in [0, 0.1) is 5.92 Å². The minimum atomic E-state index is -0.577. The van der Waals surface area contributed by atoms with Crippen molar-refractivity contribution < 1.29 is 9.53 Å². The van der Waals surface area contributed by atoms with Crippen molar-refractivity contribution in [3.63, 3.8) is 0 Å². The first kappa shape index (κ1) is 16.3. The second kappa shape index (κ2) is 7.12. The van der Waals surface area contributed by atoms with Crippen LogP contribution in [0.2, 0.25) is 5.02 Å². The number of hydrogen-bond donors (Lipinski definition) is 2. The third kappa shape index (κ3) is 4.37. The molecule has 0 spiro atoms. The van der Waals surface area contributed by atoms with Gasteiger partial charge in [0, 0.05) is 5.02 Å². The van der Waals surface area contributed by atoms with E-state index in [1.54, 1.807) is 12.1 Å². The number of carbonyl (C=O) groups excluding carboxylic acids is 1. The van der Waals surface area contributed by atoms with E-state index in [0.717, 1.165) is 0 Å². The van der Waals surface area contributed by atoms with Gasteiger partial charge in [-0.25, -0.2) is 0 Å². The number of nitrogens with two attached hydrogens (primary N) is 1. The number of hydrogen-bond acceptors (Lipinski definition) is 3. The third-order valence-corrected chi connectivity index (χ3v) is 3.38. The van der Waals surface area contributed by atoms with Crippen molar-refractivity contribution in [1.82, 2.24) is 0 Å². The summed E-state index contributed by atoms with van der Waals surface area (Å²) >= 11 is 9.34. The highest BCUT2D eigenvalue weighted by Gasteiger charge is 2.20. The van der Waals surface area contributed by atoms with E-state index in [0.29, 0.717) is 27.5 Å². The van der Waals surface area contributed by atoms with Crippen LogP contribution in [0.25, 0.3) is 0 Å². The van der Waals surface area contributed by atoms with E-state index in [2.05, 4.69) is 21.2 Å². The molecule has 0 aliphatic rings. The monoisotopic (exact) mass is 348 g/mol. The van der Waals surface area contributed by atoms with E-state index in [-0.39, 0.29) is 11.8 Å². The molecule has 4 nitrogen and oxygen atoms in total. The lowest BCUT2D eigenvalue weighted by Crippen LogP contribution is -2.39. The number of halogens is 2. The number of benzene rings is 1. The Bertz CT molecular complexity index is 466. The van der Waals surface area contributed by atoms with Crippen LogP contribution in [-0.2, 0) is 4.79 Å². The molecule has 1 rings (SSSR count).